The molecule has 6 atom stereocenters. The Bertz CT molecular complexity index is 1240. The quantitative estimate of drug-likeness (QED) is 0.250. The fraction of sp³-hybridized carbons (Fsp3) is 0.625. The van der Waals surface area contributed by atoms with Crippen molar-refractivity contribution in [1.29, 1.82) is 0 Å². The number of fused-ring (bicyclic) bond motifs is 1. The Labute approximate surface area is 257 Å². The van der Waals surface area contributed by atoms with Gasteiger partial charge in [-0.1, -0.05) is 51.3 Å². The summed E-state index contributed by atoms with van der Waals surface area (Å²) >= 11 is 6.36. The van der Waals surface area contributed by atoms with E-state index in [-0.39, 0.29) is 34.6 Å². The van der Waals surface area contributed by atoms with Gasteiger partial charge in [-0.15, -0.1) is 0 Å². The molecule has 42 heavy (non-hydrogen) atoms. The largest absolute Gasteiger partial charge is 0.489 e. The van der Waals surface area contributed by atoms with Crippen LogP contribution in [0.2, 0.25) is 5.02 Å². The molecule has 4 rings (SSSR count). The molecule has 232 valence electrons. The average Bonchev–Trinajstić information content (AvgIpc) is 3.13. The van der Waals surface area contributed by atoms with Crippen molar-refractivity contribution in [3.63, 3.8) is 0 Å². The Hall–Kier alpha value is -2.20. The number of nitrogens with one attached hydrogen (secondary N) is 1. The lowest BCUT2D eigenvalue weighted by atomic mass is 9.71. The fourth-order valence-electron chi connectivity index (χ4n) is 6.18. The van der Waals surface area contributed by atoms with Gasteiger partial charge in [0.15, 0.2) is 17.9 Å². The number of carbonyl (C=O) groups excluding carboxylic acids is 1. The number of aromatic nitrogens is 1. The molecule has 1 aromatic carbocycles. The van der Waals surface area contributed by atoms with Crippen LogP contribution in [-0.2, 0) is 17.4 Å². The molecule has 0 bridgehead atoms. The molecule has 2 aliphatic rings. The lowest BCUT2D eigenvalue weighted by Crippen LogP contribution is -2.41. The number of rotatable bonds is 13. The number of halogens is 1. The fourth-order valence-corrected chi connectivity index (χ4v) is 7.41. The van der Waals surface area contributed by atoms with Crippen molar-refractivity contribution in [3.05, 3.63) is 52.2 Å². The number of ether oxygens (including phenoxy) is 1. The number of benzene rings is 1. The van der Waals surface area contributed by atoms with E-state index in [1.165, 1.54) is 11.1 Å². The first-order valence-electron chi connectivity index (χ1n) is 15.4. The molecule has 1 saturated carbocycles. The van der Waals surface area contributed by atoms with E-state index in [0.29, 0.717) is 42.7 Å². The SMILES string of the molecule is CCCc1cc(Cl)ccc1C1COc2ccc(C(=O)NS(=O)C(C)C(C)CCC)nc2N(CC2CCC2CC(O)O)C1. The Balaban J connectivity index is 1.62. The molecular weight excluding hydrogens is 574 g/mol. The number of aliphatic hydroxyl groups is 2. The highest BCUT2D eigenvalue weighted by Crippen LogP contribution is 2.41. The van der Waals surface area contributed by atoms with Crippen molar-refractivity contribution in [3.8, 4) is 5.75 Å². The van der Waals surface area contributed by atoms with Crippen LogP contribution in [0.15, 0.2) is 30.3 Å². The molecule has 3 N–H and O–H groups in total. The summed E-state index contributed by atoms with van der Waals surface area (Å²) in [6.45, 7) is 9.95. The van der Waals surface area contributed by atoms with Crippen molar-refractivity contribution >= 4 is 34.3 Å². The number of anilines is 1. The van der Waals surface area contributed by atoms with Gasteiger partial charge in [0.2, 0.25) is 0 Å². The highest BCUT2D eigenvalue weighted by Gasteiger charge is 2.36. The monoisotopic (exact) mass is 619 g/mol. The van der Waals surface area contributed by atoms with E-state index in [1.54, 1.807) is 12.1 Å². The molecule has 0 radical (unpaired) electrons. The van der Waals surface area contributed by atoms with Gasteiger partial charge in [-0.25, -0.2) is 9.19 Å². The van der Waals surface area contributed by atoms with Gasteiger partial charge >= 0.3 is 0 Å². The lowest BCUT2D eigenvalue weighted by Gasteiger charge is -2.41. The third-order valence-corrected chi connectivity index (χ3v) is 10.7. The van der Waals surface area contributed by atoms with Crippen LogP contribution >= 0.6 is 11.6 Å². The lowest BCUT2D eigenvalue weighted by molar-refractivity contribution is -0.0719. The highest BCUT2D eigenvalue weighted by molar-refractivity contribution is 7.84. The summed E-state index contributed by atoms with van der Waals surface area (Å²) < 4.78 is 21.9. The summed E-state index contributed by atoms with van der Waals surface area (Å²) in [5.74, 6) is 1.46. The number of carbonyl (C=O) groups is 1. The van der Waals surface area contributed by atoms with Crippen LogP contribution in [0.3, 0.4) is 0 Å². The van der Waals surface area contributed by atoms with Crippen molar-refractivity contribution < 1.29 is 24.0 Å². The van der Waals surface area contributed by atoms with Crippen LogP contribution in [-0.4, -0.2) is 56.5 Å². The van der Waals surface area contributed by atoms with Crippen LogP contribution in [0.4, 0.5) is 5.82 Å². The molecule has 0 spiro atoms. The number of hydrogen-bond donors (Lipinski definition) is 3. The predicted octanol–water partition coefficient (Wildman–Crippen LogP) is 5.62. The minimum Gasteiger partial charge on any atom is -0.489 e. The van der Waals surface area contributed by atoms with Gasteiger partial charge in [-0.3, -0.25) is 9.52 Å². The van der Waals surface area contributed by atoms with Gasteiger partial charge in [0.25, 0.3) is 5.91 Å². The molecule has 8 nitrogen and oxygen atoms in total. The Morgan fingerprint density at radius 2 is 1.93 bits per heavy atom. The maximum atomic E-state index is 13.2. The van der Waals surface area contributed by atoms with Crippen molar-refractivity contribution in [2.75, 3.05) is 24.6 Å². The summed E-state index contributed by atoms with van der Waals surface area (Å²) in [6.07, 6.45) is 4.81. The first-order valence-corrected chi connectivity index (χ1v) is 16.9. The van der Waals surface area contributed by atoms with Crippen molar-refractivity contribution in [1.82, 2.24) is 9.71 Å². The third kappa shape index (κ3) is 8.04. The highest BCUT2D eigenvalue weighted by atomic mass is 35.5. The second-order valence-corrected chi connectivity index (χ2v) is 14.0. The van der Waals surface area contributed by atoms with Crippen LogP contribution in [0.5, 0.6) is 5.75 Å². The number of aryl methyl sites for hydroxylation is 1. The van der Waals surface area contributed by atoms with E-state index in [9.17, 15) is 19.2 Å². The number of hydrogen-bond acceptors (Lipinski definition) is 7. The topological polar surface area (TPSA) is 112 Å². The zero-order valence-corrected chi connectivity index (χ0v) is 26.8. The normalized spacial score (nSPS) is 22.4. The number of amides is 1. The zero-order chi connectivity index (χ0) is 30.4. The minimum atomic E-state index is -1.53. The Morgan fingerprint density at radius 3 is 2.60 bits per heavy atom. The molecule has 1 aromatic heterocycles. The van der Waals surface area contributed by atoms with Gasteiger partial charge in [0.05, 0.1) is 11.9 Å². The summed E-state index contributed by atoms with van der Waals surface area (Å²) in [5.41, 5.74) is 2.59. The van der Waals surface area contributed by atoms with Crippen LogP contribution < -0.4 is 14.4 Å². The van der Waals surface area contributed by atoms with Gasteiger partial charge in [0.1, 0.15) is 16.7 Å². The van der Waals surface area contributed by atoms with E-state index < -0.39 is 23.2 Å². The number of pyridine rings is 1. The molecule has 2 aromatic rings. The van der Waals surface area contributed by atoms with Crippen LogP contribution in [0.25, 0.3) is 0 Å². The van der Waals surface area contributed by atoms with E-state index in [2.05, 4.69) is 36.5 Å². The first-order chi connectivity index (χ1) is 20.1. The molecular formula is C32H46ClN3O5S. The van der Waals surface area contributed by atoms with Crippen molar-refractivity contribution in [2.45, 2.75) is 90.1 Å². The van der Waals surface area contributed by atoms with Crippen LogP contribution in [0, 0.1) is 17.8 Å². The number of nitrogens with zero attached hydrogens (tertiary/aromatic N) is 2. The summed E-state index contributed by atoms with van der Waals surface area (Å²) in [6, 6.07) is 9.46. The molecule has 1 fully saturated rings. The molecule has 0 saturated heterocycles. The van der Waals surface area contributed by atoms with E-state index in [1.807, 2.05) is 19.1 Å². The molecule has 1 aliphatic carbocycles. The second kappa shape index (κ2) is 15.0. The Morgan fingerprint density at radius 1 is 1.17 bits per heavy atom. The van der Waals surface area contributed by atoms with E-state index in [4.69, 9.17) is 21.3 Å². The summed E-state index contributed by atoms with van der Waals surface area (Å²) in [5, 5.41) is 19.8. The maximum Gasteiger partial charge on any atom is 0.281 e. The zero-order valence-electron chi connectivity index (χ0n) is 25.2. The van der Waals surface area contributed by atoms with Crippen molar-refractivity contribution in [2.24, 2.45) is 17.8 Å². The molecule has 2 heterocycles. The average molecular weight is 620 g/mol. The van der Waals surface area contributed by atoms with Gasteiger partial charge in [0, 0.05) is 30.5 Å². The smallest absolute Gasteiger partial charge is 0.281 e. The second-order valence-electron chi connectivity index (χ2n) is 12.0. The molecule has 1 amide bonds. The number of aliphatic hydroxyl groups excluding tert-OH is 1. The molecule has 1 aliphatic heterocycles. The first kappa shape index (κ1) is 32.7. The van der Waals surface area contributed by atoms with Gasteiger partial charge in [-0.05, 0) is 85.8 Å². The van der Waals surface area contributed by atoms with E-state index in [0.717, 1.165) is 38.5 Å². The molecule has 10 heteroatoms. The van der Waals surface area contributed by atoms with Gasteiger partial charge in [-0.2, -0.15) is 0 Å². The van der Waals surface area contributed by atoms with Gasteiger partial charge < -0.3 is 19.8 Å². The van der Waals surface area contributed by atoms with E-state index >= 15 is 0 Å². The summed E-state index contributed by atoms with van der Waals surface area (Å²) in [7, 11) is -1.53. The maximum absolute atomic E-state index is 13.2. The summed E-state index contributed by atoms with van der Waals surface area (Å²) in [4.78, 5) is 20.2. The minimum absolute atomic E-state index is 0.0469. The standard InChI is InChI=1S/C32H46ClN3O5S/c1-5-7-20(3)21(4)42(40)35-32(39)28-13-14-29-31(34-28)36(17-24-10-9-22(24)16-30(37)38)18-25(19-41-29)27-12-11-26(33)15-23(27)8-6-2/h11-15,20-22,24-25,30,37-38H,5-10,16-19H2,1-4H3,(H,35,39). The van der Waals surface area contributed by atoms with Crippen LogP contribution in [0.1, 0.15) is 93.8 Å². The third-order valence-electron chi connectivity index (χ3n) is 8.94. The Kier molecular flexibility index (Phi) is 11.7. The predicted molar refractivity (Wildman–Crippen MR) is 168 cm³/mol. The molecule has 6 unspecified atom stereocenters.